The standard InChI is InChI=1S/C9H10F3N.CH3Cl/c1-6(13)7-4-2-3-5-8(7)9(10,11)12;1-2/h2-6H,13H2,1H3;1H3/p+1. The van der Waals surface area contributed by atoms with Crippen LogP contribution in [-0.4, -0.2) is 6.38 Å². The topological polar surface area (TPSA) is 27.6 Å². The fourth-order valence-electron chi connectivity index (χ4n) is 1.18. The summed E-state index contributed by atoms with van der Waals surface area (Å²) in [6.45, 7) is 1.64. The molecule has 0 radical (unpaired) electrons. The maximum atomic E-state index is 12.4. The van der Waals surface area contributed by atoms with Crippen molar-refractivity contribution in [3.8, 4) is 0 Å². The number of alkyl halides is 4. The minimum absolute atomic E-state index is 0.245. The van der Waals surface area contributed by atoms with Gasteiger partial charge in [0.05, 0.1) is 5.56 Å². The van der Waals surface area contributed by atoms with E-state index < -0.39 is 11.7 Å². The summed E-state index contributed by atoms with van der Waals surface area (Å²) in [6.07, 6.45) is -2.80. The fourth-order valence-corrected chi connectivity index (χ4v) is 1.18. The smallest absolute Gasteiger partial charge is 0.352 e. The van der Waals surface area contributed by atoms with Gasteiger partial charge in [-0.05, 0) is 13.0 Å². The van der Waals surface area contributed by atoms with Gasteiger partial charge in [-0.25, -0.2) is 0 Å². The van der Waals surface area contributed by atoms with Gasteiger partial charge in [0.2, 0.25) is 0 Å². The zero-order valence-electron chi connectivity index (χ0n) is 8.61. The normalized spacial score (nSPS) is 12.7. The number of benzene rings is 1. The molecule has 1 rings (SSSR count). The van der Waals surface area contributed by atoms with Crippen molar-refractivity contribution in [2.24, 2.45) is 0 Å². The molecule has 0 aliphatic heterocycles. The van der Waals surface area contributed by atoms with E-state index in [4.69, 9.17) is 0 Å². The van der Waals surface area contributed by atoms with E-state index in [9.17, 15) is 13.2 Å². The van der Waals surface area contributed by atoms with Gasteiger partial charge in [-0.3, -0.25) is 0 Å². The van der Waals surface area contributed by atoms with Crippen LogP contribution >= 0.6 is 11.6 Å². The Morgan fingerprint density at radius 3 is 2.00 bits per heavy atom. The van der Waals surface area contributed by atoms with Crippen LogP contribution in [0.3, 0.4) is 0 Å². The molecule has 1 aromatic rings. The number of quaternary nitrogens is 1. The maximum Gasteiger partial charge on any atom is 0.416 e. The molecule has 0 aliphatic carbocycles. The minimum Gasteiger partial charge on any atom is -0.352 e. The fraction of sp³-hybridized carbons (Fsp3) is 0.400. The molecule has 1 unspecified atom stereocenters. The van der Waals surface area contributed by atoms with Crippen LogP contribution in [-0.2, 0) is 6.18 Å². The van der Waals surface area contributed by atoms with Gasteiger partial charge >= 0.3 is 6.18 Å². The molecule has 0 fully saturated rings. The van der Waals surface area contributed by atoms with E-state index in [2.05, 4.69) is 17.3 Å². The third-order valence-electron chi connectivity index (χ3n) is 1.80. The summed E-state index contributed by atoms with van der Waals surface area (Å²) in [4.78, 5) is 0. The van der Waals surface area contributed by atoms with Crippen LogP contribution in [0.15, 0.2) is 24.3 Å². The van der Waals surface area contributed by atoms with Crippen LogP contribution in [0.25, 0.3) is 0 Å². The molecule has 1 aromatic carbocycles. The van der Waals surface area contributed by atoms with E-state index in [1.165, 1.54) is 18.5 Å². The Morgan fingerprint density at radius 2 is 1.67 bits per heavy atom. The first-order chi connectivity index (χ1) is 6.93. The van der Waals surface area contributed by atoms with Crippen LogP contribution in [0.2, 0.25) is 0 Å². The van der Waals surface area contributed by atoms with Crippen molar-refractivity contribution in [1.82, 2.24) is 0 Å². The monoisotopic (exact) mass is 240 g/mol. The lowest BCUT2D eigenvalue weighted by molar-refractivity contribution is -0.421. The highest BCUT2D eigenvalue weighted by molar-refractivity contribution is 6.15. The van der Waals surface area contributed by atoms with Gasteiger partial charge in [0.25, 0.3) is 0 Å². The van der Waals surface area contributed by atoms with E-state index in [0.29, 0.717) is 0 Å². The second-order valence-corrected chi connectivity index (χ2v) is 2.99. The van der Waals surface area contributed by atoms with Crippen molar-refractivity contribution in [1.29, 1.82) is 0 Å². The summed E-state index contributed by atoms with van der Waals surface area (Å²) in [6, 6.07) is 5.16. The summed E-state index contributed by atoms with van der Waals surface area (Å²) in [5.41, 5.74) is 3.24. The number of halogens is 4. The van der Waals surface area contributed by atoms with E-state index in [-0.39, 0.29) is 11.6 Å². The molecule has 0 heterocycles. The minimum atomic E-state index is -4.28. The molecular formula is C10H14ClF3N+. The molecule has 0 amide bonds. The summed E-state index contributed by atoms with van der Waals surface area (Å²) in [7, 11) is 0. The average molecular weight is 241 g/mol. The molecule has 5 heteroatoms. The van der Waals surface area contributed by atoms with Crippen molar-refractivity contribution in [3.05, 3.63) is 35.4 Å². The van der Waals surface area contributed by atoms with Crippen LogP contribution in [0, 0.1) is 0 Å². The van der Waals surface area contributed by atoms with Gasteiger partial charge in [-0.1, -0.05) is 18.2 Å². The first-order valence-corrected chi connectivity index (χ1v) is 5.05. The lowest BCUT2D eigenvalue weighted by Gasteiger charge is -2.12. The van der Waals surface area contributed by atoms with Gasteiger partial charge in [0, 0.05) is 11.9 Å². The molecule has 86 valence electrons. The third-order valence-corrected chi connectivity index (χ3v) is 1.80. The van der Waals surface area contributed by atoms with E-state index in [1.807, 2.05) is 0 Å². The number of rotatable bonds is 1. The molecule has 1 atom stereocenters. The molecule has 1 nitrogen and oxygen atoms in total. The second-order valence-electron chi connectivity index (χ2n) is 2.99. The van der Waals surface area contributed by atoms with Gasteiger partial charge in [-0.15, -0.1) is 11.6 Å². The van der Waals surface area contributed by atoms with Crippen molar-refractivity contribution in [3.63, 3.8) is 0 Å². The zero-order valence-corrected chi connectivity index (χ0v) is 9.36. The molecule has 0 saturated heterocycles. The van der Waals surface area contributed by atoms with Gasteiger partial charge in [-0.2, -0.15) is 13.2 Å². The molecule has 0 saturated carbocycles. The molecule has 3 N–H and O–H groups in total. The largest absolute Gasteiger partial charge is 0.416 e. The third kappa shape index (κ3) is 4.10. The van der Waals surface area contributed by atoms with Gasteiger partial charge in [0.1, 0.15) is 6.04 Å². The Hall–Kier alpha value is -0.740. The van der Waals surface area contributed by atoms with Crippen molar-refractivity contribution < 1.29 is 18.9 Å². The molecule has 0 spiro atoms. The number of hydrogen-bond donors (Lipinski definition) is 1. The molecule has 0 bridgehead atoms. The molecule has 15 heavy (non-hydrogen) atoms. The Labute approximate surface area is 92.0 Å². The SMILES string of the molecule is CC([NH3+])c1ccccc1C(F)(F)F.CCl. The van der Waals surface area contributed by atoms with Crippen molar-refractivity contribution >= 4 is 11.6 Å². The Balaban J connectivity index is 0.000000921. The quantitative estimate of drug-likeness (QED) is 0.731. The molecular weight excluding hydrogens is 227 g/mol. The van der Waals surface area contributed by atoms with Crippen LogP contribution in [0.4, 0.5) is 13.2 Å². The predicted molar refractivity (Wildman–Crippen MR) is 54.5 cm³/mol. The number of hydrogen-bond acceptors (Lipinski definition) is 0. The first kappa shape index (κ1) is 14.3. The van der Waals surface area contributed by atoms with E-state index in [0.717, 1.165) is 6.07 Å². The Morgan fingerprint density at radius 1 is 1.20 bits per heavy atom. The summed E-state index contributed by atoms with van der Waals surface area (Å²) >= 11 is 4.64. The van der Waals surface area contributed by atoms with E-state index in [1.54, 1.807) is 13.0 Å². The Bertz CT molecular complexity index is 297. The summed E-state index contributed by atoms with van der Waals surface area (Å²) in [5.74, 6) is 0. The average Bonchev–Trinajstić information content (AvgIpc) is 2.19. The van der Waals surface area contributed by atoms with E-state index >= 15 is 0 Å². The van der Waals surface area contributed by atoms with Crippen LogP contribution in [0.1, 0.15) is 24.1 Å². The highest BCUT2D eigenvalue weighted by Crippen LogP contribution is 2.33. The maximum absolute atomic E-state index is 12.4. The van der Waals surface area contributed by atoms with Gasteiger partial charge < -0.3 is 5.73 Å². The Kier molecular flexibility index (Phi) is 5.68. The zero-order chi connectivity index (χ0) is 12.1. The van der Waals surface area contributed by atoms with Crippen molar-refractivity contribution in [2.45, 2.75) is 19.1 Å². The lowest BCUT2D eigenvalue weighted by atomic mass is 10.0. The predicted octanol–water partition coefficient (Wildman–Crippen LogP) is 2.86. The summed E-state index contributed by atoms with van der Waals surface area (Å²) < 4.78 is 37.1. The van der Waals surface area contributed by atoms with Gasteiger partial charge in [0.15, 0.2) is 0 Å². The highest BCUT2D eigenvalue weighted by atomic mass is 35.5. The van der Waals surface area contributed by atoms with Crippen molar-refractivity contribution in [2.75, 3.05) is 6.38 Å². The summed E-state index contributed by atoms with van der Waals surface area (Å²) in [5, 5.41) is 0. The first-order valence-electron chi connectivity index (χ1n) is 4.30. The van der Waals surface area contributed by atoms with Crippen LogP contribution in [0.5, 0.6) is 0 Å². The second kappa shape index (κ2) is 5.98. The molecule has 0 aromatic heterocycles. The molecule has 0 aliphatic rings. The lowest BCUT2D eigenvalue weighted by Crippen LogP contribution is -2.52. The highest BCUT2D eigenvalue weighted by Gasteiger charge is 2.34. The van der Waals surface area contributed by atoms with Crippen LogP contribution < -0.4 is 5.73 Å².